The van der Waals surface area contributed by atoms with Crippen LogP contribution in [0.3, 0.4) is 0 Å². The van der Waals surface area contributed by atoms with E-state index < -0.39 is 29.3 Å². The third-order valence-electron chi connectivity index (χ3n) is 2.35. The van der Waals surface area contributed by atoms with Crippen molar-refractivity contribution in [3.63, 3.8) is 0 Å². The summed E-state index contributed by atoms with van der Waals surface area (Å²) in [7, 11) is 0. The Morgan fingerprint density at radius 2 is 0.833 bits per heavy atom. The fraction of sp³-hybridized carbons (Fsp3) is 0.474. The Hall–Kier alpha value is -3.02. The van der Waals surface area contributed by atoms with Gasteiger partial charge in [0.1, 0.15) is 0 Å². The van der Waals surface area contributed by atoms with Crippen molar-refractivity contribution in [2.75, 3.05) is 19.8 Å². The summed E-state index contributed by atoms with van der Waals surface area (Å²) < 4.78 is 0. The van der Waals surface area contributed by atoms with E-state index >= 15 is 0 Å². The topological polar surface area (TPSA) is 210 Å². The molecule has 0 aliphatic carbocycles. The van der Waals surface area contributed by atoms with Crippen molar-refractivity contribution >= 4 is 23.9 Å². The van der Waals surface area contributed by atoms with Crippen LogP contribution in [0.25, 0.3) is 0 Å². The number of aliphatic carboxylic acids is 4. The minimum Gasteiger partial charge on any atom is -0.481 e. The van der Waals surface area contributed by atoms with Crippen molar-refractivity contribution in [1.82, 2.24) is 0 Å². The number of carbonyl (C=O) groups is 4. The molecule has 0 aliphatic rings. The standard InChI is InChI=1S/C5H10O3.C5H12O2.3C3H4O2/c1-5(2,3-6)4(7)8;1-5(2,3-6)4-7;3*1-2-3(4)5/h6H,3H2,1-2H3,(H,7,8);6-7H,3-4H2,1-2H3;3*2H,1H2,(H,4,5). The molecule has 0 bridgehead atoms. The van der Waals surface area contributed by atoms with Gasteiger partial charge in [0.25, 0.3) is 0 Å². The van der Waals surface area contributed by atoms with Crippen LogP contribution in [0.1, 0.15) is 27.7 Å². The fourth-order valence-corrected chi connectivity index (χ4v) is 0.118. The van der Waals surface area contributed by atoms with Crippen molar-refractivity contribution in [2.24, 2.45) is 10.8 Å². The predicted octanol–water partition coefficient (Wildman–Crippen LogP) is 0.858. The van der Waals surface area contributed by atoms with Crippen LogP contribution in [0.4, 0.5) is 0 Å². The van der Waals surface area contributed by atoms with E-state index in [1.54, 1.807) is 13.8 Å². The van der Waals surface area contributed by atoms with Gasteiger partial charge >= 0.3 is 23.9 Å². The zero-order chi connectivity index (χ0) is 25.6. The Labute approximate surface area is 175 Å². The smallest absolute Gasteiger partial charge is 0.327 e. The molecule has 0 spiro atoms. The molecule has 7 N–H and O–H groups in total. The van der Waals surface area contributed by atoms with Gasteiger partial charge < -0.3 is 35.7 Å². The summed E-state index contributed by atoms with van der Waals surface area (Å²) in [6.45, 7) is 15.2. The Kier molecular flexibility index (Phi) is 28.0. The molecule has 0 rings (SSSR count). The van der Waals surface area contributed by atoms with E-state index in [-0.39, 0.29) is 25.2 Å². The molecule has 0 aromatic rings. The summed E-state index contributed by atoms with van der Waals surface area (Å²) in [4.78, 5) is 37.8. The Morgan fingerprint density at radius 1 is 0.633 bits per heavy atom. The quantitative estimate of drug-likeness (QED) is 0.277. The highest BCUT2D eigenvalue weighted by Gasteiger charge is 2.25. The minimum atomic E-state index is -0.986. The Morgan fingerprint density at radius 3 is 0.833 bits per heavy atom. The van der Waals surface area contributed by atoms with Crippen molar-refractivity contribution in [3.8, 4) is 0 Å². The lowest BCUT2D eigenvalue weighted by Gasteiger charge is -2.16. The monoisotopic (exact) mass is 438 g/mol. The molecule has 0 saturated carbocycles. The maximum Gasteiger partial charge on any atom is 0.327 e. The number of rotatable bonds is 7. The Bertz CT molecular complexity index is 486. The highest BCUT2D eigenvalue weighted by molar-refractivity contribution is 5.79. The van der Waals surface area contributed by atoms with Gasteiger partial charge in [-0.05, 0) is 13.8 Å². The molecule has 0 unspecified atom stereocenters. The highest BCUT2D eigenvalue weighted by Crippen LogP contribution is 2.12. The van der Waals surface area contributed by atoms with E-state index in [1.807, 2.05) is 0 Å². The van der Waals surface area contributed by atoms with Gasteiger partial charge in [0.05, 0.1) is 25.2 Å². The van der Waals surface area contributed by atoms with Crippen LogP contribution in [0.15, 0.2) is 38.0 Å². The van der Waals surface area contributed by atoms with Gasteiger partial charge in [0.2, 0.25) is 0 Å². The highest BCUT2D eigenvalue weighted by atomic mass is 16.4. The average molecular weight is 438 g/mol. The molecule has 0 atom stereocenters. The van der Waals surface area contributed by atoms with E-state index in [2.05, 4.69) is 19.7 Å². The first-order valence-corrected chi connectivity index (χ1v) is 8.06. The van der Waals surface area contributed by atoms with Gasteiger partial charge in [-0.3, -0.25) is 4.79 Å². The summed E-state index contributed by atoms with van der Waals surface area (Å²) in [6, 6.07) is 0. The number of carboxylic acid groups (broad SMARTS) is 4. The van der Waals surface area contributed by atoms with Crippen LogP contribution >= 0.6 is 0 Å². The second-order valence-electron chi connectivity index (χ2n) is 6.45. The molecule has 11 nitrogen and oxygen atoms in total. The zero-order valence-electron chi connectivity index (χ0n) is 17.7. The number of hydrogen-bond acceptors (Lipinski definition) is 7. The molecule has 0 aromatic carbocycles. The van der Waals surface area contributed by atoms with Crippen LogP contribution in [0.5, 0.6) is 0 Å². The molecule has 0 heterocycles. The third kappa shape index (κ3) is 44.4. The molecule has 0 saturated heterocycles. The number of carboxylic acids is 4. The van der Waals surface area contributed by atoms with Gasteiger partial charge in [-0.1, -0.05) is 33.6 Å². The van der Waals surface area contributed by atoms with Crippen LogP contribution in [-0.4, -0.2) is 79.4 Å². The van der Waals surface area contributed by atoms with E-state index in [4.69, 9.17) is 35.7 Å². The molecular formula is C19H34O11. The van der Waals surface area contributed by atoms with Gasteiger partial charge in [0, 0.05) is 23.6 Å². The second kappa shape index (κ2) is 22.3. The fourth-order valence-electron chi connectivity index (χ4n) is 0.118. The normalized spacial score (nSPS) is 9.03. The molecule has 0 aliphatic heterocycles. The van der Waals surface area contributed by atoms with Gasteiger partial charge in [-0.15, -0.1) is 0 Å². The lowest BCUT2D eigenvalue weighted by atomic mass is 9.96. The molecule has 0 amide bonds. The van der Waals surface area contributed by atoms with E-state index in [0.717, 1.165) is 18.2 Å². The van der Waals surface area contributed by atoms with E-state index in [0.29, 0.717) is 0 Å². The molecule has 11 heteroatoms. The third-order valence-corrected chi connectivity index (χ3v) is 2.35. The maximum atomic E-state index is 10.1. The lowest BCUT2D eigenvalue weighted by Crippen LogP contribution is -2.27. The molecule has 0 aromatic heterocycles. The van der Waals surface area contributed by atoms with Crippen LogP contribution < -0.4 is 0 Å². The average Bonchev–Trinajstić information content (AvgIpc) is 2.69. The summed E-state index contributed by atoms with van der Waals surface area (Å²) >= 11 is 0. The van der Waals surface area contributed by atoms with Crippen molar-refractivity contribution in [1.29, 1.82) is 0 Å². The minimum absolute atomic E-state index is 0.0451. The van der Waals surface area contributed by atoms with Gasteiger partial charge in [-0.25, -0.2) is 14.4 Å². The molecule has 176 valence electrons. The first-order valence-electron chi connectivity index (χ1n) is 8.06. The van der Waals surface area contributed by atoms with Crippen molar-refractivity contribution in [2.45, 2.75) is 27.7 Å². The van der Waals surface area contributed by atoms with Crippen molar-refractivity contribution in [3.05, 3.63) is 38.0 Å². The molecule has 30 heavy (non-hydrogen) atoms. The summed E-state index contributed by atoms with van der Waals surface area (Å²) in [5.74, 6) is -3.92. The summed E-state index contributed by atoms with van der Waals surface area (Å²) in [5.41, 5.74) is -1.29. The summed E-state index contributed by atoms with van der Waals surface area (Å²) in [5, 5.41) is 56.3. The summed E-state index contributed by atoms with van der Waals surface area (Å²) in [6.07, 6.45) is 2.50. The first-order chi connectivity index (χ1) is 13.4. The van der Waals surface area contributed by atoms with E-state index in [9.17, 15) is 19.2 Å². The van der Waals surface area contributed by atoms with Crippen molar-refractivity contribution < 1.29 is 54.9 Å². The van der Waals surface area contributed by atoms with Gasteiger partial charge in [-0.2, -0.15) is 0 Å². The van der Waals surface area contributed by atoms with Crippen LogP contribution in [0.2, 0.25) is 0 Å². The van der Waals surface area contributed by atoms with Crippen LogP contribution in [0, 0.1) is 10.8 Å². The molecule has 0 radical (unpaired) electrons. The molecule has 0 fully saturated rings. The van der Waals surface area contributed by atoms with Gasteiger partial charge in [0.15, 0.2) is 0 Å². The first kappa shape index (κ1) is 37.7. The Balaban J connectivity index is -0.0000000883. The van der Waals surface area contributed by atoms with E-state index in [1.165, 1.54) is 13.8 Å². The number of hydrogen-bond donors (Lipinski definition) is 7. The molecular weight excluding hydrogens is 404 g/mol. The lowest BCUT2D eigenvalue weighted by molar-refractivity contribution is -0.149. The number of aliphatic hydroxyl groups is 3. The van der Waals surface area contributed by atoms with Crippen LogP contribution in [-0.2, 0) is 19.2 Å². The largest absolute Gasteiger partial charge is 0.481 e. The SMILES string of the molecule is C=CC(=O)O.C=CC(=O)O.C=CC(=O)O.CC(C)(CO)C(=O)O.CC(C)(CO)CO. The zero-order valence-corrected chi connectivity index (χ0v) is 17.7. The second-order valence-corrected chi connectivity index (χ2v) is 6.45. The number of aliphatic hydroxyl groups excluding tert-OH is 3. The maximum absolute atomic E-state index is 10.1. The predicted molar refractivity (Wildman–Crippen MR) is 110 cm³/mol.